The van der Waals surface area contributed by atoms with Gasteiger partial charge in [-0.2, -0.15) is 0 Å². The summed E-state index contributed by atoms with van der Waals surface area (Å²) < 4.78 is 13.8. The van der Waals surface area contributed by atoms with E-state index in [0.717, 1.165) is 61.9 Å². The number of aliphatic hydroxyl groups excluding tert-OH is 1. The Morgan fingerprint density at radius 1 is 0.837 bits per heavy atom. The third-order valence-electron chi connectivity index (χ3n) is 13.7. The first-order valence-electron chi connectivity index (χ1n) is 18.7. The molecule has 2 N–H and O–H groups in total. The van der Waals surface area contributed by atoms with E-state index in [0.29, 0.717) is 40.3 Å². The van der Waals surface area contributed by atoms with Crippen LogP contribution in [0.1, 0.15) is 82.1 Å². The monoisotopic (exact) mass is 701 g/mol. The standard InChI is InChI=1S/C37H47N7O3S2/c1-46-21-15-16-26-24(17-21)31(34-40-42-37(47-2)49-34)35(44(26)36-41-39-28(18-45)48-36)43-27-12-4-3-11-25(27)38-32-22-9-5-7-19-13-14-20-8-6-10-23(33(32)43)30(20)29(19)22/h15-17,19-20,22-23,25,27,29-30,32-33,38,45H,3-14,18H2,1-2H3. The van der Waals surface area contributed by atoms with Crippen LogP contribution >= 0.6 is 22.7 Å². The third-order valence-corrected chi connectivity index (χ3v) is 15.5. The van der Waals surface area contributed by atoms with Gasteiger partial charge >= 0.3 is 0 Å². The van der Waals surface area contributed by atoms with E-state index >= 15 is 0 Å². The molecule has 10 rings (SSSR count). The Morgan fingerprint density at radius 2 is 1.63 bits per heavy atom. The lowest BCUT2D eigenvalue weighted by atomic mass is 9.45. The average Bonchev–Trinajstić information content (AvgIpc) is 3.90. The van der Waals surface area contributed by atoms with E-state index in [1.54, 1.807) is 14.2 Å². The molecule has 10 nitrogen and oxygen atoms in total. The maximum Gasteiger partial charge on any atom is 0.294 e. The van der Waals surface area contributed by atoms with E-state index in [-0.39, 0.29) is 6.61 Å². The van der Waals surface area contributed by atoms with Crippen molar-refractivity contribution < 1.29 is 14.6 Å². The van der Waals surface area contributed by atoms with Crippen molar-refractivity contribution in [2.24, 2.45) is 35.5 Å². The predicted octanol–water partition coefficient (Wildman–Crippen LogP) is 6.84. The molecular formula is C37H47N7O3S2. The molecule has 5 aliphatic carbocycles. The molecule has 1 saturated heterocycles. The number of benzene rings is 1. The summed E-state index contributed by atoms with van der Waals surface area (Å²) >= 11 is 2.98. The van der Waals surface area contributed by atoms with Gasteiger partial charge in [0.2, 0.25) is 5.13 Å². The first-order chi connectivity index (χ1) is 24.2. The maximum atomic E-state index is 10.1. The van der Waals surface area contributed by atoms with Crippen LogP contribution in [0.25, 0.3) is 26.6 Å². The van der Waals surface area contributed by atoms with E-state index in [2.05, 4.69) is 37.1 Å². The molecule has 6 aliphatic rings. The molecule has 1 aliphatic heterocycles. The average molecular weight is 702 g/mol. The lowest BCUT2D eigenvalue weighted by Gasteiger charge is -2.67. The zero-order chi connectivity index (χ0) is 32.8. The van der Waals surface area contributed by atoms with Crippen LogP contribution in [0.15, 0.2) is 18.2 Å². The van der Waals surface area contributed by atoms with E-state index in [9.17, 15) is 5.11 Å². The molecule has 5 saturated carbocycles. The zero-order valence-electron chi connectivity index (χ0n) is 28.5. The number of anilines is 1. The molecule has 49 heavy (non-hydrogen) atoms. The molecule has 6 fully saturated rings. The van der Waals surface area contributed by atoms with E-state index in [1.165, 1.54) is 106 Å². The van der Waals surface area contributed by atoms with Crippen molar-refractivity contribution in [3.8, 4) is 26.6 Å². The highest BCUT2D eigenvalue weighted by Crippen LogP contribution is 2.63. The summed E-state index contributed by atoms with van der Waals surface area (Å²) in [7, 11) is 3.40. The van der Waals surface area contributed by atoms with Gasteiger partial charge in [0.1, 0.15) is 16.6 Å². The van der Waals surface area contributed by atoms with Gasteiger partial charge in [-0.1, -0.05) is 66.3 Å². The Bertz CT molecular complexity index is 1860. The summed E-state index contributed by atoms with van der Waals surface area (Å²) in [6.45, 7) is -0.126. The molecule has 3 aromatic heterocycles. The number of fused-ring (bicyclic) bond motifs is 5. The van der Waals surface area contributed by atoms with Gasteiger partial charge in [-0.25, -0.2) is 0 Å². The Labute approximate surface area is 295 Å². The molecule has 260 valence electrons. The van der Waals surface area contributed by atoms with Crippen LogP contribution in [0.4, 0.5) is 5.82 Å². The largest absolute Gasteiger partial charge is 0.497 e. The number of methoxy groups -OCH3 is 2. The summed E-state index contributed by atoms with van der Waals surface area (Å²) in [5, 5.41) is 37.0. The van der Waals surface area contributed by atoms with Crippen LogP contribution in [0.3, 0.4) is 0 Å². The van der Waals surface area contributed by atoms with Crippen molar-refractivity contribution in [1.82, 2.24) is 30.3 Å². The molecule has 0 spiro atoms. The van der Waals surface area contributed by atoms with Gasteiger partial charge < -0.3 is 24.8 Å². The van der Waals surface area contributed by atoms with E-state index < -0.39 is 0 Å². The number of rotatable bonds is 6. The van der Waals surface area contributed by atoms with Crippen molar-refractivity contribution in [2.75, 3.05) is 19.1 Å². The maximum absolute atomic E-state index is 10.1. The second-order valence-corrected chi connectivity index (χ2v) is 17.6. The number of hydrogen-bond acceptors (Lipinski definition) is 11. The SMILES string of the molecule is COc1ccc2c(c1)c(-c1nnc(OC)s1)c(N1C3CCCCC3NC3C4CCCC5CCC6CCCC(C6C54)C31)n2-c1nnc(CO)s1. The Hall–Kier alpha value is -2.80. The lowest BCUT2D eigenvalue weighted by Crippen LogP contribution is -2.76. The zero-order valence-corrected chi connectivity index (χ0v) is 30.1. The van der Waals surface area contributed by atoms with Crippen molar-refractivity contribution in [1.29, 1.82) is 0 Å². The normalized spacial score (nSPS) is 35.0. The number of nitrogens with one attached hydrogen (secondary N) is 1. The Kier molecular flexibility index (Phi) is 7.69. The van der Waals surface area contributed by atoms with Gasteiger partial charge in [0.05, 0.1) is 31.9 Å². The van der Waals surface area contributed by atoms with Crippen molar-refractivity contribution in [2.45, 2.75) is 108 Å². The number of aromatic nitrogens is 5. The number of piperazine rings is 1. The summed E-state index contributed by atoms with van der Waals surface area (Å²) in [5.74, 6) is 6.80. The minimum atomic E-state index is -0.126. The number of nitrogens with zero attached hydrogens (tertiary/aromatic N) is 6. The molecule has 10 atom stereocenters. The van der Waals surface area contributed by atoms with E-state index in [1.807, 2.05) is 6.07 Å². The molecule has 12 heteroatoms. The van der Waals surface area contributed by atoms with Gasteiger partial charge in [-0.05, 0) is 92.2 Å². The number of ether oxygens (including phenoxy) is 2. The van der Waals surface area contributed by atoms with Crippen molar-refractivity contribution >= 4 is 39.4 Å². The van der Waals surface area contributed by atoms with Crippen LogP contribution in [-0.4, -0.2) is 68.5 Å². The van der Waals surface area contributed by atoms with Gasteiger partial charge in [0, 0.05) is 29.6 Å². The Morgan fingerprint density at radius 3 is 2.39 bits per heavy atom. The first kappa shape index (κ1) is 31.0. The second-order valence-electron chi connectivity index (χ2n) is 15.6. The highest BCUT2D eigenvalue weighted by molar-refractivity contribution is 7.16. The van der Waals surface area contributed by atoms with E-state index in [4.69, 9.17) is 19.7 Å². The minimum Gasteiger partial charge on any atom is -0.497 e. The Balaban J connectivity index is 1.26. The fourth-order valence-corrected chi connectivity index (χ4v) is 13.6. The summed E-state index contributed by atoms with van der Waals surface area (Å²) in [6, 6.07) is 8.02. The fraction of sp³-hybridized carbons (Fsp3) is 0.676. The first-order valence-corrected chi connectivity index (χ1v) is 20.4. The van der Waals surface area contributed by atoms with Crippen LogP contribution < -0.4 is 19.7 Å². The minimum absolute atomic E-state index is 0.126. The predicted molar refractivity (Wildman–Crippen MR) is 192 cm³/mol. The fourth-order valence-electron chi connectivity index (χ4n) is 12.2. The van der Waals surface area contributed by atoms with Gasteiger partial charge in [0.25, 0.3) is 5.19 Å². The molecule has 0 radical (unpaired) electrons. The van der Waals surface area contributed by atoms with Crippen molar-refractivity contribution in [3.63, 3.8) is 0 Å². The summed E-state index contributed by atoms with van der Waals surface area (Å²) in [5.41, 5.74) is 2.13. The van der Waals surface area contributed by atoms with Gasteiger partial charge in [-0.3, -0.25) is 4.57 Å². The van der Waals surface area contributed by atoms with Gasteiger partial charge in [0.15, 0.2) is 5.01 Å². The molecule has 4 heterocycles. The lowest BCUT2D eigenvalue weighted by molar-refractivity contribution is -0.111. The number of aliphatic hydroxyl groups is 1. The molecule has 4 aromatic rings. The van der Waals surface area contributed by atoms with Crippen LogP contribution in [0.2, 0.25) is 0 Å². The molecule has 1 aromatic carbocycles. The van der Waals surface area contributed by atoms with Crippen LogP contribution in [0.5, 0.6) is 10.9 Å². The van der Waals surface area contributed by atoms with Crippen LogP contribution in [0, 0.1) is 35.5 Å². The number of hydrogen-bond donors (Lipinski definition) is 2. The molecule has 0 amide bonds. The molecular weight excluding hydrogens is 655 g/mol. The van der Waals surface area contributed by atoms with Crippen molar-refractivity contribution in [3.05, 3.63) is 23.2 Å². The highest BCUT2D eigenvalue weighted by atomic mass is 32.1. The summed E-state index contributed by atoms with van der Waals surface area (Å²) in [4.78, 5) is 2.95. The molecule has 10 unspecified atom stereocenters. The smallest absolute Gasteiger partial charge is 0.294 e. The summed E-state index contributed by atoms with van der Waals surface area (Å²) in [6.07, 6.45) is 16.0. The van der Waals surface area contributed by atoms with Gasteiger partial charge in [-0.15, -0.1) is 15.3 Å². The van der Waals surface area contributed by atoms with Crippen LogP contribution in [-0.2, 0) is 6.61 Å². The third kappa shape index (κ3) is 4.68. The topological polar surface area (TPSA) is 110 Å². The second kappa shape index (κ2) is 12.2. The molecule has 0 bridgehead atoms. The highest BCUT2D eigenvalue weighted by Gasteiger charge is 2.62. The quantitative estimate of drug-likeness (QED) is 0.223.